The summed E-state index contributed by atoms with van der Waals surface area (Å²) in [6.07, 6.45) is 0. The maximum atomic E-state index is 13.3. The normalized spacial score (nSPS) is 16.6. The molecule has 1 fully saturated rings. The van der Waals surface area contributed by atoms with Crippen LogP contribution in [0, 0.1) is 18.7 Å². The van der Waals surface area contributed by atoms with E-state index in [0.717, 1.165) is 50.4 Å². The minimum atomic E-state index is -0.377. The van der Waals surface area contributed by atoms with Crippen molar-refractivity contribution in [2.24, 2.45) is 5.92 Å². The average Bonchev–Trinajstić information content (AvgIpc) is 2.72. The van der Waals surface area contributed by atoms with Gasteiger partial charge < -0.3 is 5.32 Å². The Kier molecular flexibility index (Phi) is 7.87. The number of amides is 1. The highest BCUT2D eigenvalue weighted by Gasteiger charge is 2.23. The molecule has 1 aliphatic heterocycles. The molecule has 0 aliphatic carbocycles. The number of hydrogen-bond acceptors (Lipinski definition) is 3. The van der Waals surface area contributed by atoms with Crippen LogP contribution in [0.2, 0.25) is 5.02 Å². The van der Waals surface area contributed by atoms with Gasteiger partial charge in [0.15, 0.2) is 0 Å². The second-order valence-corrected chi connectivity index (χ2v) is 8.92. The van der Waals surface area contributed by atoms with Crippen molar-refractivity contribution in [1.82, 2.24) is 15.1 Å². The van der Waals surface area contributed by atoms with Crippen LogP contribution in [-0.4, -0.2) is 54.5 Å². The Labute approximate surface area is 184 Å². The second kappa shape index (κ2) is 10.4. The van der Waals surface area contributed by atoms with E-state index in [4.69, 9.17) is 11.6 Å². The van der Waals surface area contributed by atoms with Crippen LogP contribution in [-0.2, 0) is 6.54 Å². The zero-order valence-electron chi connectivity index (χ0n) is 18.0. The summed E-state index contributed by atoms with van der Waals surface area (Å²) in [6, 6.07) is 12.7. The van der Waals surface area contributed by atoms with Gasteiger partial charge in [0.25, 0.3) is 5.91 Å². The van der Waals surface area contributed by atoms with E-state index in [0.29, 0.717) is 11.5 Å². The molecule has 0 saturated carbocycles. The molecule has 0 bridgehead atoms. The molecule has 1 N–H and O–H groups in total. The first-order chi connectivity index (χ1) is 14.3. The Morgan fingerprint density at radius 3 is 2.30 bits per heavy atom. The predicted octanol–water partition coefficient (Wildman–Crippen LogP) is 4.36. The van der Waals surface area contributed by atoms with Crippen LogP contribution in [0.1, 0.15) is 35.3 Å². The van der Waals surface area contributed by atoms with Crippen LogP contribution in [0.3, 0.4) is 0 Å². The van der Waals surface area contributed by atoms with Gasteiger partial charge in [-0.15, -0.1) is 0 Å². The summed E-state index contributed by atoms with van der Waals surface area (Å²) in [6.45, 7) is 11.7. The Morgan fingerprint density at radius 2 is 1.70 bits per heavy atom. The number of rotatable bonds is 7. The van der Waals surface area contributed by atoms with E-state index in [9.17, 15) is 9.18 Å². The predicted molar refractivity (Wildman–Crippen MR) is 120 cm³/mol. The number of nitrogens with zero attached hydrogens (tertiary/aromatic N) is 2. The number of piperazine rings is 1. The van der Waals surface area contributed by atoms with Gasteiger partial charge in [-0.2, -0.15) is 0 Å². The quantitative estimate of drug-likeness (QED) is 0.707. The van der Waals surface area contributed by atoms with Gasteiger partial charge in [0.1, 0.15) is 5.82 Å². The van der Waals surface area contributed by atoms with Crippen LogP contribution in [0.5, 0.6) is 0 Å². The van der Waals surface area contributed by atoms with Gasteiger partial charge in [-0.3, -0.25) is 14.6 Å². The van der Waals surface area contributed by atoms with Crippen molar-refractivity contribution in [3.05, 3.63) is 70.0 Å². The summed E-state index contributed by atoms with van der Waals surface area (Å²) in [4.78, 5) is 17.4. The zero-order chi connectivity index (χ0) is 21.7. The largest absolute Gasteiger partial charge is 0.348 e. The van der Waals surface area contributed by atoms with E-state index in [2.05, 4.69) is 29.0 Å². The van der Waals surface area contributed by atoms with Gasteiger partial charge >= 0.3 is 0 Å². The zero-order valence-corrected chi connectivity index (χ0v) is 18.8. The first kappa shape index (κ1) is 22.7. The molecule has 1 saturated heterocycles. The van der Waals surface area contributed by atoms with Crippen LogP contribution in [0.15, 0.2) is 42.5 Å². The number of benzene rings is 2. The monoisotopic (exact) mass is 431 g/mol. The van der Waals surface area contributed by atoms with Crippen molar-refractivity contribution in [2.45, 2.75) is 33.4 Å². The fourth-order valence-electron chi connectivity index (χ4n) is 3.68. The number of aryl methyl sites for hydroxylation is 1. The van der Waals surface area contributed by atoms with Gasteiger partial charge in [-0.25, -0.2) is 4.39 Å². The lowest BCUT2D eigenvalue weighted by Crippen LogP contribution is -2.52. The number of nitrogens with one attached hydrogen (secondary N) is 1. The molecule has 1 atom stereocenters. The number of hydrogen-bond donors (Lipinski definition) is 1. The molecule has 0 aromatic heterocycles. The molecule has 4 nitrogen and oxygen atoms in total. The minimum absolute atomic E-state index is 0.0134. The summed E-state index contributed by atoms with van der Waals surface area (Å²) in [7, 11) is 0. The van der Waals surface area contributed by atoms with Gasteiger partial charge in [-0.05, 0) is 42.7 Å². The molecule has 0 spiro atoms. The van der Waals surface area contributed by atoms with Gasteiger partial charge in [-0.1, -0.05) is 49.2 Å². The molecule has 3 rings (SSSR count). The summed E-state index contributed by atoms with van der Waals surface area (Å²) < 4.78 is 13.3. The highest BCUT2D eigenvalue weighted by atomic mass is 35.5. The SMILES string of the molecule is Cc1ccc(C(=O)NC(CN2CCN(Cc3ccc(F)c(Cl)c3)CC2)C(C)C)cc1. The minimum Gasteiger partial charge on any atom is -0.348 e. The third-order valence-corrected chi connectivity index (χ3v) is 6.03. The van der Waals surface area contributed by atoms with E-state index >= 15 is 0 Å². The molecule has 162 valence electrons. The molecular weight excluding hydrogens is 401 g/mol. The summed E-state index contributed by atoms with van der Waals surface area (Å²) in [5, 5.41) is 3.39. The van der Waals surface area contributed by atoms with Crippen molar-refractivity contribution < 1.29 is 9.18 Å². The molecule has 1 amide bonds. The Morgan fingerprint density at radius 1 is 1.07 bits per heavy atom. The van der Waals surface area contributed by atoms with Crippen molar-refractivity contribution in [3.8, 4) is 0 Å². The molecular formula is C24H31ClFN3O. The Hall–Kier alpha value is -1.95. The molecule has 30 heavy (non-hydrogen) atoms. The van der Waals surface area contributed by atoms with Gasteiger partial charge in [0.2, 0.25) is 0 Å². The summed E-state index contributed by atoms with van der Waals surface area (Å²) in [5.74, 6) is -0.0445. The molecule has 1 unspecified atom stereocenters. The maximum Gasteiger partial charge on any atom is 0.251 e. The first-order valence-corrected chi connectivity index (χ1v) is 11.0. The molecule has 6 heteroatoms. The number of carbonyl (C=O) groups excluding carboxylic acids is 1. The Balaban J connectivity index is 1.50. The number of halogens is 2. The van der Waals surface area contributed by atoms with Crippen LogP contribution in [0.25, 0.3) is 0 Å². The number of carbonyl (C=O) groups is 1. The van der Waals surface area contributed by atoms with Gasteiger partial charge in [0, 0.05) is 50.9 Å². The smallest absolute Gasteiger partial charge is 0.251 e. The van der Waals surface area contributed by atoms with E-state index < -0.39 is 0 Å². The summed E-state index contributed by atoms with van der Waals surface area (Å²) in [5.41, 5.74) is 2.88. The molecule has 2 aromatic carbocycles. The second-order valence-electron chi connectivity index (χ2n) is 8.52. The lowest BCUT2D eigenvalue weighted by atomic mass is 10.0. The highest BCUT2D eigenvalue weighted by Crippen LogP contribution is 2.18. The van der Waals surface area contributed by atoms with Crippen molar-refractivity contribution >= 4 is 17.5 Å². The van der Waals surface area contributed by atoms with Crippen molar-refractivity contribution in [3.63, 3.8) is 0 Å². The van der Waals surface area contributed by atoms with Crippen LogP contribution < -0.4 is 5.32 Å². The van der Waals surface area contributed by atoms with Crippen molar-refractivity contribution in [1.29, 1.82) is 0 Å². The molecule has 0 radical (unpaired) electrons. The van der Waals surface area contributed by atoms with Crippen LogP contribution >= 0.6 is 11.6 Å². The van der Waals surface area contributed by atoms with Gasteiger partial charge in [0.05, 0.1) is 5.02 Å². The van der Waals surface area contributed by atoms with E-state index in [1.54, 1.807) is 12.1 Å². The Bertz CT molecular complexity index is 848. The standard InChI is InChI=1S/C24H31ClFN3O/c1-17(2)23(27-24(30)20-7-4-18(3)5-8-20)16-29-12-10-28(11-13-29)15-19-6-9-22(26)21(25)14-19/h4-9,14,17,23H,10-13,15-16H2,1-3H3,(H,27,30). The molecule has 1 heterocycles. The lowest BCUT2D eigenvalue weighted by Gasteiger charge is -2.37. The lowest BCUT2D eigenvalue weighted by molar-refractivity contribution is 0.0862. The van der Waals surface area contributed by atoms with E-state index in [1.165, 1.54) is 6.07 Å². The maximum absolute atomic E-state index is 13.3. The van der Waals surface area contributed by atoms with E-state index in [-0.39, 0.29) is 22.8 Å². The van der Waals surface area contributed by atoms with Crippen LogP contribution in [0.4, 0.5) is 4.39 Å². The van der Waals surface area contributed by atoms with Crippen molar-refractivity contribution in [2.75, 3.05) is 32.7 Å². The van der Waals surface area contributed by atoms with E-state index in [1.807, 2.05) is 31.2 Å². The fourth-order valence-corrected chi connectivity index (χ4v) is 3.89. The fraction of sp³-hybridized carbons (Fsp3) is 0.458. The average molecular weight is 432 g/mol. The summed E-state index contributed by atoms with van der Waals surface area (Å²) >= 11 is 5.90. The highest BCUT2D eigenvalue weighted by molar-refractivity contribution is 6.30. The third kappa shape index (κ3) is 6.27. The molecule has 1 aliphatic rings. The third-order valence-electron chi connectivity index (χ3n) is 5.74. The topological polar surface area (TPSA) is 35.6 Å². The molecule has 2 aromatic rings. The first-order valence-electron chi connectivity index (χ1n) is 10.6.